The second kappa shape index (κ2) is 21.8. The van der Waals surface area contributed by atoms with E-state index in [-0.39, 0.29) is 30.8 Å². The summed E-state index contributed by atoms with van der Waals surface area (Å²) in [6.07, 6.45) is -1.41. The van der Waals surface area contributed by atoms with Crippen molar-refractivity contribution < 1.29 is 43.1 Å². The second-order valence-corrected chi connectivity index (χ2v) is 12.4. The second-order valence-electron chi connectivity index (χ2n) is 12.4. The van der Waals surface area contributed by atoms with Crippen molar-refractivity contribution in [2.75, 3.05) is 97.6 Å². The molecule has 0 radical (unpaired) electrons. The van der Waals surface area contributed by atoms with E-state index in [4.69, 9.17) is 33.2 Å². The maximum absolute atomic E-state index is 12.4. The molecule has 2 heterocycles. The Bertz CT molecular complexity index is 1400. The van der Waals surface area contributed by atoms with E-state index in [0.29, 0.717) is 97.9 Å². The van der Waals surface area contributed by atoms with E-state index in [1.807, 2.05) is 73.7 Å². The van der Waals surface area contributed by atoms with E-state index in [1.165, 1.54) is 0 Å². The lowest BCUT2D eigenvalue weighted by atomic mass is 9.83. The standard InChI is InChI=1S/C39H53N3O9/c1-2-40-39(44)41-34-10-6-9-33(27-34)38-50-35(28-42-15-17-45-19-21-47-23-25-49-26-24-48-22-20-46-18-16-42)36(31-7-4-3-5-8-31)37(51-38)32-13-11-30(29-43)12-14-32/h3-14,27,35-38,43H,2,15-26,28-29H2,1H3,(H2,40,41,44)/t35-,36-,37+,38?/m1/s1. The third-order valence-electron chi connectivity index (χ3n) is 8.75. The van der Waals surface area contributed by atoms with Crippen LogP contribution in [0.15, 0.2) is 78.9 Å². The zero-order valence-corrected chi connectivity index (χ0v) is 29.6. The first-order chi connectivity index (χ1) is 25.1. The Balaban J connectivity index is 1.42. The molecule has 0 aliphatic carbocycles. The minimum Gasteiger partial charge on any atom is -0.392 e. The van der Waals surface area contributed by atoms with Crippen molar-refractivity contribution in [3.63, 3.8) is 0 Å². The Hall–Kier alpha value is -3.43. The van der Waals surface area contributed by atoms with E-state index in [2.05, 4.69) is 27.7 Å². The summed E-state index contributed by atoms with van der Waals surface area (Å²) in [5.41, 5.74) is 4.32. The number of carbonyl (C=O) groups is 1. The SMILES string of the molecule is CCNC(=O)Nc1cccc(C2O[C@H](CN3CCOCCOCCOCCOCCOCC3)[C@@H](c3ccccc3)[C@H](c3ccc(CO)cc3)O2)c1. The molecule has 3 aromatic rings. The van der Waals surface area contributed by atoms with Gasteiger partial charge in [-0.25, -0.2) is 4.79 Å². The van der Waals surface area contributed by atoms with E-state index < -0.39 is 6.29 Å². The van der Waals surface area contributed by atoms with Crippen molar-refractivity contribution in [2.24, 2.45) is 0 Å². The minimum atomic E-state index is -0.723. The third kappa shape index (κ3) is 12.6. The summed E-state index contributed by atoms with van der Waals surface area (Å²) in [5, 5.41) is 15.4. The van der Waals surface area contributed by atoms with Crippen LogP contribution in [0.2, 0.25) is 0 Å². The molecule has 2 aliphatic heterocycles. The van der Waals surface area contributed by atoms with Crippen LogP contribution in [0.25, 0.3) is 0 Å². The molecule has 3 N–H and O–H groups in total. The van der Waals surface area contributed by atoms with Crippen molar-refractivity contribution in [1.82, 2.24) is 10.2 Å². The molecule has 12 heteroatoms. The first-order valence-corrected chi connectivity index (χ1v) is 18.0. The molecule has 2 amide bonds. The molecule has 0 spiro atoms. The molecule has 0 bridgehead atoms. The van der Waals surface area contributed by atoms with Crippen molar-refractivity contribution in [2.45, 2.75) is 37.9 Å². The van der Waals surface area contributed by atoms with Gasteiger partial charge in [-0.2, -0.15) is 0 Å². The fourth-order valence-electron chi connectivity index (χ4n) is 6.18. The fraction of sp³-hybridized carbons (Fsp3) is 0.513. The van der Waals surface area contributed by atoms with Gasteiger partial charge in [0.05, 0.1) is 84.9 Å². The van der Waals surface area contributed by atoms with E-state index in [0.717, 1.165) is 22.3 Å². The highest BCUT2D eigenvalue weighted by Gasteiger charge is 2.42. The summed E-state index contributed by atoms with van der Waals surface area (Å²) >= 11 is 0. The number of urea groups is 1. The van der Waals surface area contributed by atoms with Crippen LogP contribution in [0.1, 0.15) is 47.5 Å². The average Bonchev–Trinajstić information content (AvgIpc) is 3.15. The van der Waals surface area contributed by atoms with Gasteiger partial charge in [-0.1, -0.05) is 66.7 Å². The van der Waals surface area contributed by atoms with E-state index in [9.17, 15) is 9.90 Å². The smallest absolute Gasteiger partial charge is 0.319 e. The molecular weight excluding hydrogens is 654 g/mol. The van der Waals surface area contributed by atoms with Gasteiger partial charge in [-0.3, -0.25) is 4.90 Å². The summed E-state index contributed by atoms with van der Waals surface area (Å²) in [6, 6.07) is 25.5. The predicted octanol–water partition coefficient (Wildman–Crippen LogP) is 4.66. The van der Waals surface area contributed by atoms with Crippen molar-refractivity contribution in [3.8, 4) is 0 Å². The highest BCUT2D eigenvalue weighted by Crippen LogP contribution is 2.47. The molecule has 2 saturated heterocycles. The predicted molar refractivity (Wildman–Crippen MR) is 193 cm³/mol. The number of hydrogen-bond acceptors (Lipinski definition) is 10. The van der Waals surface area contributed by atoms with Crippen molar-refractivity contribution in [3.05, 3.63) is 101 Å². The van der Waals surface area contributed by atoms with E-state index >= 15 is 0 Å². The number of benzene rings is 3. The molecule has 1 unspecified atom stereocenters. The molecule has 4 atom stereocenters. The number of aliphatic hydroxyl groups is 1. The van der Waals surface area contributed by atoms with Gasteiger partial charge >= 0.3 is 6.03 Å². The van der Waals surface area contributed by atoms with Gasteiger partial charge in [-0.05, 0) is 35.7 Å². The Morgan fingerprint density at radius 2 is 1.29 bits per heavy atom. The number of anilines is 1. The number of amides is 2. The van der Waals surface area contributed by atoms with Crippen LogP contribution in [-0.4, -0.2) is 114 Å². The van der Waals surface area contributed by atoms with Crippen molar-refractivity contribution in [1.29, 1.82) is 0 Å². The Morgan fingerprint density at radius 3 is 1.88 bits per heavy atom. The number of hydrogen-bond donors (Lipinski definition) is 3. The van der Waals surface area contributed by atoms with Crippen LogP contribution in [0.5, 0.6) is 0 Å². The van der Waals surface area contributed by atoms with Gasteiger partial charge in [-0.15, -0.1) is 0 Å². The number of aliphatic hydroxyl groups excluding tert-OH is 1. The fourth-order valence-corrected chi connectivity index (χ4v) is 6.18. The number of rotatable bonds is 8. The van der Waals surface area contributed by atoms with Gasteiger partial charge in [0.2, 0.25) is 0 Å². The maximum Gasteiger partial charge on any atom is 0.319 e. The molecule has 51 heavy (non-hydrogen) atoms. The number of nitrogens with zero attached hydrogens (tertiary/aromatic N) is 1. The quantitative estimate of drug-likeness (QED) is 0.304. The zero-order valence-electron chi connectivity index (χ0n) is 29.6. The third-order valence-corrected chi connectivity index (χ3v) is 8.75. The van der Waals surface area contributed by atoms with Crippen LogP contribution in [-0.2, 0) is 39.8 Å². The van der Waals surface area contributed by atoms with Gasteiger partial charge < -0.3 is 48.9 Å². The summed E-state index contributed by atoms with van der Waals surface area (Å²) in [6.45, 7) is 9.32. The minimum absolute atomic E-state index is 0.0422. The van der Waals surface area contributed by atoms with Crippen LogP contribution in [0, 0.1) is 0 Å². The highest BCUT2D eigenvalue weighted by molar-refractivity contribution is 5.89. The lowest BCUT2D eigenvalue weighted by Crippen LogP contribution is -2.46. The van der Waals surface area contributed by atoms with Crippen LogP contribution in [0.3, 0.4) is 0 Å². The largest absolute Gasteiger partial charge is 0.392 e. The van der Waals surface area contributed by atoms with Gasteiger partial charge in [0.25, 0.3) is 0 Å². The molecule has 2 aliphatic rings. The Kier molecular flexibility index (Phi) is 16.6. The topological polar surface area (TPSA) is 129 Å². The molecule has 278 valence electrons. The molecule has 3 aromatic carbocycles. The molecule has 0 aromatic heterocycles. The van der Waals surface area contributed by atoms with Gasteiger partial charge in [0.1, 0.15) is 0 Å². The number of ether oxygens (including phenoxy) is 7. The van der Waals surface area contributed by atoms with Crippen LogP contribution >= 0.6 is 0 Å². The first kappa shape index (κ1) is 38.8. The molecule has 5 rings (SSSR count). The molecule has 12 nitrogen and oxygen atoms in total. The Labute approximate surface area is 301 Å². The molecule has 2 fully saturated rings. The molecule has 0 saturated carbocycles. The summed E-state index contributed by atoms with van der Waals surface area (Å²) < 4.78 is 42.6. The average molecular weight is 708 g/mol. The summed E-state index contributed by atoms with van der Waals surface area (Å²) in [7, 11) is 0. The van der Waals surface area contributed by atoms with Crippen molar-refractivity contribution >= 4 is 11.7 Å². The molecular formula is C39H53N3O9. The normalized spacial score (nSPS) is 23.8. The van der Waals surface area contributed by atoms with Gasteiger partial charge in [0.15, 0.2) is 6.29 Å². The summed E-state index contributed by atoms with van der Waals surface area (Å²) in [5.74, 6) is -0.169. The highest BCUT2D eigenvalue weighted by atomic mass is 16.7. The first-order valence-electron chi connectivity index (χ1n) is 18.0. The maximum atomic E-state index is 12.4. The lowest BCUT2D eigenvalue weighted by Gasteiger charge is -2.44. The van der Waals surface area contributed by atoms with Crippen LogP contribution < -0.4 is 10.6 Å². The summed E-state index contributed by atoms with van der Waals surface area (Å²) in [4.78, 5) is 14.7. The van der Waals surface area contributed by atoms with Crippen LogP contribution in [0.4, 0.5) is 10.5 Å². The Morgan fingerprint density at radius 1 is 0.706 bits per heavy atom. The number of nitrogens with one attached hydrogen (secondary N) is 2. The zero-order chi connectivity index (χ0) is 35.5. The van der Waals surface area contributed by atoms with Gasteiger partial charge in [0, 0.05) is 43.3 Å². The van der Waals surface area contributed by atoms with E-state index in [1.54, 1.807) is 0 Å². The number of carbonyl (C=O) groups excluding carboxylic acids is 1. The monoisotopic (exact) mass is 707 g/mol. The lowest BCUT2D eigenvalue weighted by molar-refractivity contribution is -0.263.